The summed E-state index contributed by atoms with van der Waals surface area (Å²) < 4.78 is 7.66. The van der Waals surface area contributed by atoms with E-state index < -0.39 is 0 Å². The number of dihydropyridines is 1. The Morgan fingerprint density at radius 1 is 1.16 bits per heavy atom. The third-order valence-electron chi connectivity index (χ3n) is 5.47. The van der Waals surface area contributed by atoms with Gasteiger partial charge in [-0.2, -0.15) is 5.10 Å². The summed E-state index contributed by atoms with van der Waals surface area (Å²) in [5, 5.41) is 7.37. The highest BCUT2D eigenvalue weighted by Crippen LogP contribution is 2.42. The molecule has 0 atom stereocenters. The van der Waals surface area contributed by atoms with Crippen molar-refractivity contribution in [3.63, 3.8) is 0 Å². The number of aryl methyl sites for hydroxylation is 1. The molecule has 0 fully saturated rings. The number of allylic oxidation sites excluding steroid dienone is 1. The second-order valence-corrected chi connectivity index (χ2v) is 9.39. The summed E-state index contributed by atoms with van der Waals surface area (Å²) in [6.45, 7) is 9.25. The average molecular weight is 434 g/mol. The Kier molecular flexibility index (Phi) is 5.24. The van der Waals surface area contributed by atoms with E-state index in [9.17, 15) is 0 Å². The van der Waals surface area contributed by atoms with Crippen LogP contribution in [0.1, 0.15) is 33.3 Å². The number of aromatic nitrogens is 2. The first kappa shape index (κ1) is 21.5. The van der Waals surface area contributed by atoms with Gasteiger partial charge in [-0.25, -0.2) is 4.99 Å². The van der Waals surface area contributed by atoms with Gasteiger partial charge in [0.05, 0.1) is 19.0 Å². The minimum atomic E-state index is -0.0217. The van der Waals surface area contributed by atoms with Crippen LogP contribution in [0.4, 0.5) is 0 Å². The van der Waals surface area contributed by atoms with Gasteiger partial charge in [0.15, 0.2) is 0 Å². The third-order valence-corrected chi connectivity index (χ3v) is 5.47. The number of fused-ring (bicyclic) bond motifs is 1. The van der Waals surface area contributed by atoms with Crippen LogP contribution >= 0.6 is 0 Å². The van der Waals surface area contributed by atoms with Crippen LogP contribution in [0.25, 0.3) is 16.8 Å². The molecule has 32 heavy (non-hydrogen) atoms. The lowest BCUT2D eigenvalue weighted by Crippen LogP contribution is -2.44. The largest absolute Gasteiger partial charge is 0.496 e. The molecule has 3 heterocycles. The molecule has 0 radical (unpaired) electrons. The zero-order chi connectivity index (χ0) is 23.2. The van der Waals surface area contributed by atoms with Gasteiger partial charge in [0.25, 0.3) is 0 Å². The fourth-order valence-electron chi connectivity index (χ4n) is 4.04. The van der Waals surface area contributed by atoms with Gasteiger partial charge in [0.1, 0.15) is 17.3 Å². The number of guanidine groups is 1. The smallest absolute Gasteiger partial charge is 0.201 e. The number of nitrogens with one attached hydrogen (secondary N) is 1. The molecule has 0 saturated heterocycles. The van der Waals surface area contributed by atoms with Gasteiger partial charge in [-0.3, -0.25) is 4.68 Å². The predicted molar refractivity (Wildman–Crippen MR) is 128 cm³/mol. The third kappa shape index (κ3) is 3.84. The average Bonchev–Trinajstić information content (AvgIpc) is 3.17. The van der Waals surface area contributed by atoms with Crippen LogP contribution in [-0.4, -0.2) is 34.3 Å². The zero-order valence-corrected chi connectivity index (χ0v) is 19.5. The maximum Gasteiger partial charge on any atom is 0.201 e. The first-order valence-electron chi connectivity index (χ1n) is 10.6. The molecular weight excluding hydrogens is 402 g/mol. The summed E-state index contributed by atoms with van der Waals surface area (Å²) in [5.41, 5.74) is 19.3. The zero-order valence-electron chi connectivity index (χ0n) is 19.5. The van der Waals surface area contributed by atoms with Crippen molar-refractivity contribution in [2.24, 2.45) is 28.9 Å². The van der Waals surface area contributed by atoms with Gasteiger partial charge in [0.2, 0.25) is 5.96 Å². The number of hydrogen-bond acceptors (Lipinski definition) is 7. The van der Waals surface area contributed by atoms with Crippen molar-refractivity contribution < 1.29 is 4.74 Å². The Morgan fingerprint density at radius 2 is 1.91 bits per heavy atom. The molecule has 0 amide bonds. The number of benzene rings is 1. The van der Waals surface area contributed by atoms with E-state index in [2.05, 4.69) is 53.2 Å². The van der Waals surface area contributed by atoms with E-state index >= 15 is 0 Å². The molecule has 8 nitrogen and oxygen atoms in total. The summed E-state index contributed by atoms with van der Waals surface area (Å²) in [6, 6.07) is 6.18. The van der Waals surface area contributed by atoms with Crippen LogP contribution in [0, 0.1) is 5.41 Å². The Bertz CT molecular complexity index is 1190. The van der Waals surface area contributed by atoms with Gasteiger partial charge in [-0.15, -0.1) is 0 Å². The van der Waals surface area contributed by atoms with E-state index in [0.717, 1.165) is 39.3 Å². The molecule has 1 aromatic carbocycles. The number of hydrogen-bond donors (Lipinski definition) is 3. The molecule has 2 aliphatic rings. The molecule has 0 aliphatic carbocycles. The Balaban J connectivity index is 1.95. The van der Waals surface area contributed by atoms with Crippen molar-refractivity contribution in [3.8, 4) is 16.9 Å². The molecule has 0 saturated carbocycles. The van der Waals surface area contributed by atoms with Crippen molar-refractivity contribution in [1.29, 1.82) is 0 Å². The van der Waals surface area contributed by atoms with Gasteiger partial charge in [0, 0.05) is 42.7 Å². The van der Waals surface area contributed by atoms with Crippen molar-refractivity contribution in [1.82, 2.24) is 20.0 Å². The molecule has 2 aliphatic heterocycles. The molecule has 8 heteroatoms. The van der Waals surface area contributed by atoms with Crippen LogP contribution in [0.3, 0.4) is 0 Å². The molecule has 2 aromatic rings. The summed E-state index contributed by atoms with van der Waals surface area (Å²) in [4.78, 5) is 6.73. The summed E-state index contributed by atoms with van der Waals surface area (Å²) >= 11 is 0. The molecule has 168 valence electrons. The van der Waals surface area contributed by atoms with Crippen LogP contribution < -0.4 is 21.5 Å². The van der Waals surface area contributed by atoms with E-state index in [0.29, 0.717) is 24.0 Å². The summed E-state index contributed by atoms with van der Waals surface area (Å²) in [6.07, 6.45) is 5.72. The van der Waals surface area contributed by atoms with E-state index in [1.54, 1.807) is 11.8 Å². The fraction of sp³-hybridized carbons (Fsp3) is 0.333. The van der Waals surface area contributed by atoms with Crippen LogP contribution in [-0.2, 0) is 7.05 Å². The first-order chi connectivity index (χ1) is 15.1. The molecule has 0 unspecified atom stereocenters. The lowest BCUT2D eigenvalue weighted by atomic mass is 9.90. The normalized spacial score (nSPS) is 16.5. The standard InChI is InChI=1S/C24H31N7O/c1-14-10-27-22(25)20-19(14)21(31(23(26)29-20)13-24(2,3)4)17-8-7-15(9-18(17)32-6)16-11-28-30(5)12-16/h7-12,27H,13,25H2,1-6H3,(H2,26,29). The van der Waals surface area contributed by atoms with Crippen molar-refractivity contribution >= 4 is 11.7 Å². The Labute approximate surface area is 188 Å². The predicted octanol–water partition coefficient (Wildman–Crippen LogP) is 3.12. The summed E-state index contributed by atoms with van der Waals surface area (Å²) in [7, 11) is 3.59. The van der Waals surface area contributed by atoms with Crippen molar-refractivity contribution in [2.75, 3.05) is 13.7 Å². The van der Waals surface area contributed by atoms with Crippen molar-refractivity contribution in [2.45, 2.75) is 27.7 Å². The van der Waals surface area contributed by atoms with Crippen LogP contribution in [0.2, 0.25) is 0 Å². The van der Waals surface area contributed by atoms with E-state index in [-0.39, 0.29) is 5.41 Å². The minimum Gasteiger partial charge on any atom is -0.496 e. The van der Waals surface area contributed by atoms with Gasteiger partial charge < -0.3 is 26.4 Å². The molecule has 1 aromatic heterocycles. The number of nitrogens with zero attached hydrogens (tertiary/aromatic N) is 4. The number of aliphatic imine (C=N–C) groups is 1. The highest BCUT2D eigenvalue weighted by atomic mass is 16.5. The van der Waals surface area contributed by atoms with Crippen LogP contribution in [0.15, 0.2) is 64.4 Å². The monoisotopic (exact) mass is 433 g/mol. The highest BCUT2D eigenvalue weighted by molar-refractivity contribution is 5.97. The van der Waals surface area contributed by atoms with Gasteiger partial charge in [-0.1, -0.05) is 26.8 Å². The Hall–Kier alpha value is -3.68. The van der Waals surface area contributed by atoms with Gasteiger partial charge >= 0.3 is 0 Å². The SMILES string of the molecule is COc1cc(-c2cnn(C)c2)ccc1C1=C2C(C)=CNC(N)=C2N=C(N)N1CC(C)(C)C. The maximum absolute atomic E-state index is 6.50. The number of rotatable bonds is 4. The number of ether oxygens (including phenoxy) is 1. The second kappa shape index (κ2) is 7.78. The summed E-state index contributed by atoms with van der Waals surface area (Å²) in [5.74, 6) is 1.63. The number of nitrogens with two attached hydrogens (primary N) is 2. The molecule has 5 N–H and O–H groups in total. The lowest BCUT2D eigenvalue weighted by Gasteiger charge is -2.38. The van der Waals surface area contributed by atoms with E-state index in [1.807, 2.05) is 38.6 Å². The topological polar surface area (TPSA) is 107 Å². The first-order valence-corrected chi connectivity index (χ1v) is 10.6. The van der Waals surface area contributed by atoms with E-state index in [1.165, 1.54) is 0 Å². The minimum absolute atomic E-state index is 0.0217. The molecular formula is C24H31N7O. The van der Waals surface area contributed by atoms with E-state index in [4.69, 9.17) is 16.2 Å². The van der Waals surface area contributed by atoms with Crippen LogP contribution in [0.5, 0.6) is 5.75 Å². The lowest BCUT2D eigenvalue weighted by molar-refractivity contribution is 0.327. The number of methoxy groups -OCH3 is 1. The maximum atomic E-state index is 6.50. The fourth-order valence-corrected chi connectivity index (χ4v) is 4.04. The molecule has 0 spiro atoms. The Morgan fingerprint density at radius 3 is 2.53 bits per heavy atom. The molecule has 0 bridgehead atoms. The quantitative estimate of drug-likeness (QED) is 0.684. The van der Waals surface area contributed by atoms with Gasteiger partial charge in [-0.05, 0) is 35.6 Å². The molecule has 4 rings (SSSR count). The van der Waals surface area contributed by atoms with Crippen molar-refractivity contribution in [3.05, 3.63) is 65.0 Å². The second-order valence-electron chi connectivity index (χ2n) is 9.39. The highest BCUT2D eigenvalue weighted by Gasteiger charge is 2.34.